The standard InChI is InChI=1S/C21H25N3O2/c1-15-8-9-17(10-22-15)11-23-13-18-19(14-23)24(21(25)20(18)26-2)12-16-6-4-3-5-7-16/h3-10,18-20H,11-14H2,1-2H3/t18-,19+,20-/m0/s1. The van der Waals surface area contributed by atoms with Gasteiger partial charge in [-0.25, -0.2) is 0 Å². The van der Waals surface area contributed by atoms with Crippen LogP contribution in [0.5, 0.6) is 0 Å². The molecule has 5 heteroatoms. The fourth-order valence-corrected chi connectivity index (χ4v) is 4.26. The van der Waals surface area contributed by atoms with E-state index >= 15 is 0 Å². The van der Waals surface area contributed by atoms with Crippen LogP contribution in [0.2, 0.25) is 0 Å². The summed E-state index contributed by atoms with van der Waals surface area (Å²) in [5, 5.41) is 0. The Kier molecular flexibility index (Phi) is 4.74. The molecule has 0 aliphatic carbocycles. The Bertz CT molecular complexity index is 763. The highest BCUT2D eigenvalue weighted by atomic mass is 16.5. The van der Waals surface area contributed by atoms with E-state index in [4.69, 9.17) is 4.74 Å². The number of ether oxygens (including phenoxy) is 1. The third-order valence-electron chi connectivity index (χ3n) is 5.55. The minimum atomic E-state index is -0.329. The molecule has 0 radical (unpaired) electrons. The van der Waals surface area contributed by atoms with Gasteiger partial charge in [0.2, 0.25) is 0 Å². The summed E-state index contributed by atoms with van der Waals surface area (Å²) < 4.78 is 5.59. The molecule has 2 aromatic rings. The molecule has 3 atom stereocenters. The van der Waals surface area contributed by atoms with Crippen LogP contribution in [0.3, 0.4) is 0 Å². The topological polar surface area (TPSA) is 45.7 Å². The number of aromatic nitrogens is 1. The SMILES string of the molecule is CO[C@@H]1C(=O)N(Cc2ccccc2)[C@@H]2CN(Cc3ccc(C)nc3)C[C@H]12. The number of nitrogens with zero attached hydrogens (tertiary/aromatic N) is 3. The molecular weight excluding hydrogens is 326 g/mol. The van der Waals surface area contributed by atoms with Crippen LogP contribution in [0.1, 0.15) is 16.8 Å². The number of carbonyl (C=O) groups is 1. The van der Waals surface area contributed by atoms with Gasteiger partial charge in [-0.3, -0.25) is 14.7 Å². The second-order valence-electron chi connectivity index (χ2n) is 7.34. The van der Waals surface area contributed by atoms with Crippen molar-refractivity contribution in [3.8, 4) is 0 Å². The molecule has 0 N–H and O–H groups in total. The minimum Gasteiger partial charge on any atom is -0.371 e. The van der Waals surface area contributed by atoms with E-state index in [2.05, 4.69) is 34.1 Å². The van der Waals surface area contributed by atoms with Crippen LogP contribution in [0.4, 0.5) is 0 Å². The van der Waals surface area contributed by atoms with E-state index in [0.717, 1.165) is 30.9 Å². The summed E-state index contributed by atoms with van der Waals surface area (Å²) in [6, 6.07) is 14.6. The normalized spacial score (nSPS) is 25.7. The van der Waals surface area contributed by atoms with Crippen LogP contribution in [-0.4, -0.2) is 53.0 Å². The zero-order chi connectivity index (χ0) is 18.1. The molecular formula is C21H25N3O2. The second kappa shape index (κ2) is 7.17. The molecule has 1 aromatic carbocycles. The Hall–Kier alpha value is -2.24. The Labute approximate surface area is 154 Å². The van der Waals surface area contributed by atoms with Crippen LogP contribution in [-0.2, 0) is 22.6 Å². The number of rotatable bonds is 5. The maximum absolute atomic E-state index is 12.8. The number of pyridine rings is 1. The lowest BCUT2D eigenvalue weighted by atomic mass is 10.0. The Morgan fingerprint density at radius 2 is 1.88 bits per heavy atom. The molecule has 136 valence electrons. The average molecular weight is 351 g/mol. The van der Waals surface area contributed by atoms with Crippen LogP contribution >= 0.6 is 0 Å². The molecule has 3 heterocycles. The number of amides is 1. The summed E-state index contributed by atoms with van der Waals surface area (Å²) in [5.74, 6) is 0.359. The van der Waals surface area contributed by atoms with Crippen LogP contribution in [0, 0.1) is 12.8 Å². The highest BCUT2D eigenvalue weighted by Gasteiger charge is 2.52. The third kappa shape index (κ3) is 3.24. The van der Waals surface area contributed by atoms with Crippen molar-refractivity contribution in [2.45, 2.75) is 32.2 Å². The van der Waals surface area contributed by atoms with Gasteiger partial charge in [-0.2, -0.15) is 0 Å². The zero-order valence-electron chi connectivity index (χ0n) is 15.3. The van der Waals surface area contributed by atoms with Crippen molar-refractivity contribution in [1.29, 1.82) is 0 Å². The lowest BCUT2D eigenvalue weighted by Gasteiger charge is -2.25. The van der Waals surface area contributed by atoms with Crippen molar-refractivity contribution in [2.24, 2.45) is 5.92 Å². The number of carbonyl (C=O) groups excluding carboxylic acids is 1. The average Bonchev–Trinajstić information content (AvgIpc) is 3.15. The number of aryl methyl sites for hydroxylation is 1. The molecule has 0 bridgehead atoms. The summed E-state index contributed by atoms with van der Waals surface area (Å²) in [5.41, 5.74) is 3.41. The van der Waals surface area contributed by atoms with Crippen molar-refractivity contribution >= 4 is 5.91 Å². The predicted molar refractivity (Wildman–Crippen MR) is 99.3 cm³/mol. The Balaban J connectivity index is 1.49. The summed E-state index contributed by atoms with van der Waals surface area (Å²) in [7, 11) is 1.65. The van der Waals surface area contributed by atoms with Crippen LogP contribution in [0.25, 0.3) is 0 Å². The van der Waals surface area contributed by atoms with E-state index in [0.29, 0.717) is 6.54 Å². The maximum Gasteiger partial charge on any atom is 0.252 e. The molecule has 2 saturated heterocycles. The van der Waals surface area contributed by atoms with E-state index < -0.39 is 0 Å². The van der Waals surface area contributed by atoms with Gasteiger partial charge in [0.25, 0.3) is 5.91 Å². The van der Waals surface area contributed by atoms with Gasteiger partial charge in [-0.1, -0.05) is 36.4 Å². The predicted octanol–water partition coefficient (Wildman–Crippen LogP) is 2.25. The van der Waals surface area contributed by atoms with E-state index in [1.807, 2.05) is 36.2 Å². The zero-order valence-corrected chi connectivity index (χ0v) is 15.3. The van der Waals surface area contributed by atoms with Gasteiger partial charge < -0.3 is 9.64 Å². The maximum atomic E-state index is 12.8. The summed E-state index contributed by atoms with van der Waals surface area (Å²) in [6.45, 7) is 5.29. The van der Waals surface area contributed by atoms with Crippen molar-refractivity contribution in [3.05, 3.63) is 65.5 Å². The van der Waals surface area contributed by atoms with Gasteiger partial charge >= 0.3 is 0 Å². The number of hydrogen-bond donors (Lipinski definition) is 0. The van der Waals surface area contributed by atoms with Crippen molar-refractivity contribution in [3.63, 3.8) is 0 Å². The molecule has 2 aliphatic heterocycles. The number of methoxy groups -OCH3 is 1. The molecule has 26 heavy (non-hydrogen) atoms. The largest absolute Gasteiger partial charge is 0.371 e. The molecule has 2 fully saturated rings. The molecule has 0 saturated carbocycles. The highest BCUT2D eigenvalue weighted by Crippen LogP contribution is 2.35. The van der Waals surface area contributed by atoms with Gasteiger partial charge in [0, 0.05) is 51.1 Å². The van der Waals surface area contributed by atoms with Crippen molar-refractivity contribution in [2.75, 3.05) is 20.2 Å². The van der Waals surface area contributed by atoms with E-state index in [9.17, 15) is 4.79 Å². The summed E-state index contributed by atoms with van der Waals surface area (Å²) in [4.78, 5) is 21.7. The quantitative estimate of drug-likeness (QED) is 0.829. The number of likely N-dealkylation sites (tertiary alicyclic amines) is 2. The monoisotopic (exact) mass is 351 g/mol. The number of hydrogen-bond acceptors (Lipinski definition) is 4. The summed E-state index contributed by atoms with van der Waals surface area (Å²) >= 11 is 0. The molecule has 1 amide bonds. The van der Waals surface area contributed by atoms with Crippen molar-refractivity contribution < 1.29 is 9.53 Å². The van der Waals surface area contributed by atoms with Gasteiger partial charge in [-0.15, -0.1) is 0 Å². The minimum absolute atomic E-state index is 0.128. The third-order valence-corrected chi connectivity index (χ3v) is 5.55. The van der Waals surface area contributed by atoms with Gasteiger partial charge in [0.15, 0.2) is 0 Å². The highest BCUT2D eigenvalue weighted by molar-refractivity contribution is 5.84. The molecule has 5 nitrogen and oxygen atoms in total. The first kappa shape index (κ1) is 17.2. The van der Waals surface area contributed by atoms with E-state index in [1.165, 1.54) is 5.56 Å². The van der Waals surface area contributed by atoms with Crippen LogP contribution in [0.15, 0.2) is 48.7 Å². The fourth-order valence-electron chi connectivity index (χ4n) is 4.26. The first-order valence-electron chi connectivity index (χ1n) is 9.17. The Morgan fingerprint density at radius 1 is 1.08 bits per heavy atom. The van der Waals surface area contributed by atoms with E-state index in [1.54, 1.807) is 7.11 Å². The van der Waals surface area contributed by atoms with Crippen molar-refractivity contribution in [1.82, 2.24) is 14.8 Å². The Morgan fingerprint density at radius 3 is 2.58 bits per heavy atom. The molecule has 4 rings (SSSR count). The molecule has 0 spiro atoms. The lowest BCUT2D eigenvalue weighted by molar-refractivity contribution is -0.138. The number of fused-ring (bicyclic) bond motifs is 1. The lowest BCUT2D eigenvalue weighted by Crippen LogP contribution is -2.38. The first-order valence-corrected chi connectivity index (χ1v) is 9.17. The molecule has 0 unspecified atom stereocenters. The van der Waals surface area contributed by atoms with Gasteiger partial charge in [-0.05, 0) is 24.1 Å². The fraction of sp³-hybridized carbons (Fsp3) is 0.429. The second-order valence-corrected chi connectivity index (χ2v) is 7.34. The number of benzene rings is 1. The first-order chi connectivity index (χ1) is 12.7. The smallest absolute Gasteiger partial charge is 0.252 e. The summed E-state index contributed by atoms with van der Waals surface area (Å²) in [6.07, 6.45) is 1.62. The van der Waals surface area contributed by atoms with Gasteiger partial charge in [0.1, 0.15) is 6.10 Å². The van der Waals surface area contributed by atoms with Gasteiger partial charge in [0.05, 0.1) is 6.04 Å². The molecule has 1 aromatic heterocycles. The van der Waals surface area contributed by atoms with E-state index in [-0.39, 0.29) is 24.0 Å². The van der Waals surface area contributed by atoms with Crippen LogP contribution < -0.4 is 0 Å². The molecule has 2 aliphatic rings.